The first-order valence-corrected chi connectivity index (χ1v) is 12.7. The quantitative estimate of drug-likeness (QED) is 0.366. The van der Waals surface area contributed by atoms with E-state index in [1.165, 1.54) is 6.92 Å². The molecular weight excluding hydrogens is 394 g/mol. The summed E-state index contributed by atoms with van der Waals surface area (Å²) in [5, 5.41) is -0.192. The highest BCUT2D eigenvalue weighted by molar-refractivity contribution is 6.74. The molecule has 0 aromatic heterocycles. The molecule has 2 aliphatic rings. The zero-order valence-corrected chi connectivity index (χ0v) is 19.5. The lowest BCUT2D eigenvalue weighted by Gasteiger charge is -2.39. The fraction of sp³-hybridized carbons (Fsp3) is 0.700. The third kappa shape index (κ3) is 4.61. The predicted molar refractivity (Wildman–Crippen MR) is 107 cm³/mol. The smallest absolute Gasteiger partial charge is 0.416 e. The second kappa shape index (κ2) is 8.02. The van der Waals surface area contributed by atoms with E-state index in [2.05, 4.69) is 0 Å². The molecule has 9 heteroatoms. The summed E-state index contributed by atoms with van der Waals surface area (Å²) in [7, 11) is -2.42. The van der Waals surface area contributed by atoms with Gasteiger partial charge in [-0.15, -0.1) is 0 Å². The van der Waals surface area contributed by atoms with Crippen molar-refractivity contribution < 1.29 is 33.1 Å². The standard InChI is InChI=1S/C20H31NO7Si/c1-11(2)13-10-26-19(25)21(13)15(22)9-14(28-29(7,8)20(4,5)6)16-12(3)17(23)27-18(16)24/h11,13-14H,9-10H2,1-8H3/t13-,14+/m0/s1. The summed E-state index contributed by atoms with van der Waals surface area (Å²) in [5.74, 6) is -2.01. The van der Waals surface area contributed by atoms with Gasteiger partial charge in [-0.2, -0.15) is 0 Å². The Bertz CT molecular complexity index is 763. The molecule has 8 nitrogen and oxygen atoms in total. The molecule has 2 amide bonds. The average Bonchev–Trinajstić information content (AvgIpc) is 3.05. The van der Waals surface area contributed by atoms with E-state index < -0.39 is 38.4 Å². The van der Waals surface area contributed by atoms with Crippen molar-refractivity contribution in [1.29, 1.82) is 0 Å². The number of amides is 2. The fourth-order valence-electron chi connectivity index (χ4n) is 3.06. The van der Waals surface area contributed by atoms with Gasteiger partial charge in [0.25, 0.3) is 0 Å². The molecule has 1 saturated heterocycles. The van der Waals surface area contributed by atoms with Crippen LogP contribution in [-0.2, 0) is 28.3 Å². The average molecular weight is 426 g/mol. The van der Waals surface area contributed by atoms with E-state index in [4.69, 9.17) is 13.9 Å². The maximum absolute atomic E-state index is 13.1. The Hall–Kier alpha value is -2.00. The van der Waals surface area contributed by atoms with Crippen molar-refractivity contribution in [3.63, 3.8) is 0 Å². The second-order valence-electron chi connectivity index (χ2n) is 9.44. The van der Waals surface area contributed by atoms with E-state index in [0.717, 1.165) is 4.90 Å². The number of cyclic esters (lactones) is 3. The van der Waals surface area contributed by atoms with E-state index in [-0.39, 0.29) is 41.2 Å². The molecule has 0 bridgehead atoms. The highest BCUT2D eigenvalue weighted by atomic mass is 28.4. The summed E-state index contributed by atoms with van der Waals surface area (Å²) in [4.78, 5) is 50.5. The molecule has 0 spiro atoms. The topological polar surface area (TPSA) is 99.2 Å². The SMILES string of the molecule is CC1=C([C@@H](CC(=O)N2C(=O)OC[C@H]2C(C)C)O[Si](C)(C)C(C)(C)C)C(=O)OC1=O. The number of carbonyl (C=O) groups excluding carboxylic acids is 4. The molecule has 0 saturated carbocycles. The largest absolute Gasteiger partial charge is 0.447 e. The summed E-state index contributed by atoms with van der Waals surface area (Å²) in [6.07, 6.45) is -1.92. The molecule has 2 heterocycles. The van der Waals surface area contributed by atoms with E-state index in [9.17, 15) is 19.2 Å². The van der Waals surface area contributed by atoms with Gasteiger partial charge in [-0.1, -0.05) is 34.6 Å². The normalized spacial score (nSPS) is 21.8. The molecule has 0 aliphatic carbocycles. The summed E-state index contributed by atoms with van der Waals surface area (Å²) in [5.41, 5.74) is 0.192. The molecule has 2 atom stereocenters. The highest BCUT2D eigenvalue weighted by Gasteiger charge is 2.46. The van der Waals surface area contributed by atoms with Crippen LogP contribution in [0.25, 0.3) is 0 Å². The van der Waals surface area contributed by atoms with Crippen molar-refractivity contribution in [2.75, 3.05) is 6.61 Å². The minimum atomic E-state index is -2.42. The minimum absolute atomic E-state index is 0.0177. The Morgan fingerprint density at radius 1 is 1.21 bits per heavy atom. The number of nitrogens with zero attached hydrogens (tertiary/aromatic N) is 1. The molecule has 0 radical (unpaired) electrons. The van der Waals surface area contributed by atoms with Crippen LogP contribution in [0.15, 0.2) is 11.1 Å². The Labute approximate surface area is 172 Å². The lowest BCUT2D eigenvalue weighted by Crippen LogP contribution is -2.48. The van der Waals surface area contributed by atoms with Crippen LogP contribution < -0.4 is 0 Å². The van der Waals surface area contributed by atoms with E-state index in [0.29, 0.717) is 0 Å². The zero-order chi connectivity index (χ0) is 22.3. The lowest BCUT2D eigenvalue weighted by molar-refractivity contribution is -0.151. The van der Waals surface area contributed by atoms with Crippen LogP contribution >= 0.6 is 0 Å². The van der Waals surface area contributed by atoms with Crippen molar-refractivity contribution in [1.82, 2.24) is 4.90 Å². The molecule has 0 unspecified atom stereocenters. The Kier molecular flexibility index (Phi) is 6.44. The van der Waals surface area contributed by atoms with Gasteiger partial charge in [0.05, 0.1) is 24.1 Å². The Balaban J connectivity index is 2.38. The van der Waals surface area contributed by atoms with Crippen LogP contribution in [-0.4, -0.2) is 55.9 Å². The van der Waals surface area contributed by atoms with Gasteiger partial charge >= 0.3 is 18.0 Å². The van der Waals surface area contributed by atoms with Crippen LogP contribution in [0.3, 0.4) is 0 Å². The van der Waals surface area contributed by atoms with E-state index in [1.54, 1.807) is 0 Å². The number of hydrogen-bond donors (Lipinski definition) is 0. The summed E-state index contributed by atoms with van der Waals surface area (Å²) in [6.45, 7) is 15.5. The van der Waals surface area contributed by atoms with Gasteiger partial charge in [-0.3, -0.25) is 4.79 Å². The van der Waals surface area contributed by atoms with Crippen molar-refractivity contribution >= 4 is 32.3 Å². The molecule has 0 aromatic carbocycles. The summed E-state index contributed by atoms with van der Waals surface area (Å²) in [6, 6.07) is -0.379. The molecule has 29 heavy (non-hydrogen) atoms. The number of carbonyl (C=O) groups is 4. The molecule has 1 fully saturated rings. The van der Waals surface area contributed by atoms with E-state index >= 15 is 0 Å². The molecule has 0 aromatic rings. The first kappa shape index (κ1) is 23.3. The third-order valence-electron chi connectivity index (χ3n) is 5.98. The van der Waals surface area contributed by atoms with Crippen molar-refractivity contribution in [3.05, 3.63) is 11.1 Å². The monoisotopic (exact) mass is 425 g/mol. The first-order valence-electron chi connectivity index (χ1n) is 9.81. The predicted octanol–water partition coefficient (Wildman–Crippen LogP) is 3.17. The highest BCUT2D eigenvalue weighted by Crippen LogP contribution is 2.39. The molecule has 2 aliphatic heterocycles. The first-order chi connectivity index (χ1) is 13.2. The third-order valence-corrected chi connectivity index (χ3v) is 10.5. The maximum Gasteiger partial charge on any atom is 0.416 e. The molecule has 0 N–H and O–H groups in total. The molecular formula is C20H31NO7Si. The van der Waals surface area contributed by atoms with Crippen LogP contribution in [0.5, 0.6) is 0 Å². The zero-order valence-electron chi connectivity index (χ0n) is 18.5. The fourth-order valence-corrected chi connectivity index (χ4v) is 4.32. The Morgan fingerprint density at radius 2 is 1.79 bits per heavy atom. The van der Waals surface area contributed by atoms with E-state index in [1.807, 2.05) is 47.7 Å². The number of ether oxygens (including phenoxy) is 2. The van der Waals surface area contributed by atoms with Gasteiger partial charge < -0.3 is 13.9 Å². The molecule has 162 valence electrons. The maximum atomic E-state index is 13.1. The number of esters is 2. The van der Waals surface area contributed by atoms with Crippen molar-refractivity contribution in [2.24, 2.45) is 5.92 Å². The minimum Gasteiger partial charge on any atom is -0.447 e. The van der Waals surface area contributed by atoms with Crippen LogP contribution in [0, 0.1) is 5.92 Å². The number of hydrogen-bond acceptors (Lipinski definition) is 7. The summed E-state index contributed by atoms with van der Waals surface area (Å²) < 4.78 is 16.1. The number of imide groups is 1. The van der Waals surface area contributed by atoms with Crippen molar-refractivity contribution in [3.8, 4) is 0 Å². The van der Waals surface area contributed by atoms with Gasteiger partial charge in [0.15, 0.2) is 8.32 Å². The van der Waals surface area contributed by atoms with Crippen molar-refractivity contribution in [2.45, 2.75) is 78.2 Å². The van der Waals surface area contributed by atoms with Gasteiger partial charge in [0.1, 0.15) is 6.61 Å². The van der Waals surface area contributed by atoms with Crippen LogP contribution in [0.2, 0.25) is 18.1 Å². The molecule has 2 rings (SSSR count). The van der Waals surface area contributed by atoms with Gasteiger partial charge in [0, 0.05) is 5.57 Å². The van der Waals surface area contributed by atoms with Crippen LogP contribution in [0.4, 0.5) is 4.79 Å². The van der Waals surface area contributed by atoms with Gasteiger partial charge in [-0.25, -0.2) is 19.3 Å². The van der Waals surface area contributed by atoms with Gasteiger partial charge in [-0.05, 0) is 31.0 Å². The van der Waals surface area contributed by atoms with Crippen LogP contribution in [0.1, 0.15) is 48.0 Å². The summed E-state index contributed by atoms with van der Waals surface area (Å²) >= 11 is 0. The lowest BCUT2D eigenvalue weighted by atomic mass is 10.0. The second-order valence-corrected chi connectivity index (χ2v) is 14.2. The Morgan fingerprint density at radius 3 is 2.24 bits per heavy atom. The van der Waals surface area contributed by atoms with Gasteiger partial charge in [0.2, 0.25) is 5.91 Å². The number of rotatable bonds is 6.